The summed E-state index contributed by atoms with van der Waals surface area (Å²) in [6, 6.07) is 1.41. The van der Waals surface area contributed by atoms with Gasteiger partial charge in [0.05, 0.1) is 6.61 Å². The zero-order valence-electron chi connectivity index (χ0n) is 14.4. The monoisotopic (exact) mass is 316 g/mol. The number of allylic oxidation sites excluding steroid dienone is 4. The van der Waals surface area contributed by atoms with Crippen LogP contribution in [0.4, 0.5) is 0 Å². The molecule has 0 saturated heterocycles. The third kappa shape index (κ3) is 4.09. The van der Waals surface area contributed by atoms with Crippen LogP contribution in [0.15, 0.2) is 24.3 Å². The van der Waals surface area contributed by atoms with Crippen molar-refractivity contribution in [1.29, 1.82) is 0 Å². The lowest BCUT2D eigenvalue weighted by Gasteiger charge is -2.16. The largest absolute Gasteiger partial charge is 0.506 e. The van der Waals surface area contributed by atoms with E-state index in [0.717, 1.165) is 12.0 Å². The van der Waals surface area contributed by atoms with Gasteiger partial charge in [-0.1, -0.05) is 25.2 Å². The number of Topliss-reactive ketones (excluding diaryl/α,β-unsaturated/α-hetero) is 1. The Morgan fingerprint density at radius 2 is 1.91 bits per heavy atom. The summed E-state index contributed by atoms with van der Waals surface area (Å²) in [6.07, 6.45) is 6.41. The quantitative estimate of drug-likeness (QED) is 0.478. The van der Waals surface area contributed by atoms with E-state index in [1.165, 1.54) is 13.0 Å². The summed E-state index contributed by atoms with van der Waals surface area (Å²) in [5.41, 5.74) is 2.36. The normalized spacial score (nSPS) is 11.8. The molecule has 0 spiro atoms. The average Bonchev–Trinajstić information content (AvgIpc) is 2.47. The Bertz CT molecular complexity index is 666. The number of carbonyl (C=O) groups excluding carboxylic acids is 2. The van der Waals surface area contributed by atoms with E-state index in [1.54, 1.807) is 13.8 Å². The molecule has 4 heteroatoms. The molecule has 0 aliphatic carbocycles. The maximum absolute atomic E-state index is 12.1. The molecule has 23 heavy (non-hydrogen) atoms. The van der Waals surface area contributed by atoms with Crippen molar-refractivity contribution >= 4 is 17.3 Å². The number of phenolic OH excluding ortho intramolecular Hbond substituents is 1. The Morgan fingerprint density at radius 1 is 1.26 bits per heavy atom. The summed E-state index contributed by atoms with van der Waals surface area (Å²) in [5, 5.41) is 10.6. The van der Waals surface area contributed by atoms with Gasteiger partial charge >= 0.3 is 5.97 Å². The molecule has 0 bridgehead atoms. The molecule has 0 radical (unpaired) electrons. The molecule has 0 heterocycles. The van der Waals surface area contributed by atoms with Gasteiger partial charge < -0.3 is 9.84 Å². The highest BCUT2D eigenvalue weighted by Crippen LogP contribution is 2.36. The predicted molar refractivity (Wildman–Crippen MR) is 91.9 cm³/mol. The van der Waals surface area contributed by atoms with Gasteiger partial charge in [0.25, 0.3) is 0 Å². The molecule has 4 nitrogen and oxygen atoms in total. The zero-order valence-corrected chi connectivity index (χ0v) is 14.4. The van der Waals surface area contributed by atoms with Crippen LogP contribution in [0.1, 0.15) is 66.0 Å². The molecule has 0 fully saturated rings. The number of ketones is 1. The van der Waals surface area contributed by atoms with E-state index >= 15 is 0 Å². The van der Waals surface area contributed by atoms with Crippen molar-refractivity contribution in [3.05, 3.63) is 46.5 Å². The average molecular weight is 316 g/mol. The Hall–Kier alpha value is -2.36. The number of esters is 1. The molecule has 1 rings (SSSR count). The Kier molecular flexibility index (Phi) is 6.76. The zero-order chi connectivity index (χ0) is 17.6. The van der Waals surface area contributed by atoms with Gasteiger partial charge in [0.2, 0.25) is 0 Å². The first-order chi connectivity index (χ1) is 10.9. The van der Waals surface area contributed by atoms with Gasteiger partial charge in [-0.2, -0.15) is 0 Å². The predicted octanol–water partition coefficient (Wildman–Crippen LogP) is 4.45. The van der Waals surface area contributed by atoms with Crippen molar-refractivity contribution in [1.82, 2.24) is 0 Å². The highest BCUT2D eigenvalue weighted by atomic mass is 16.5. The maximum atomic E-state index is 12.1. The van der Waals surface area contributed by atoms with Crippen LogP contribution in [0.2, 0.25) is 0 Å². The van der Waals surface area contributed by atoms with Crippen molar-refractivity contribution in [3.8, 4) is 5.75 Å². The van der Waals surface area contributed by atoms with E-state index in [-0.39, 0.29) is 23.7 Å². The number of aromatic hydroxyl groups is 1. The Balaban J connectivity index is 3.76. The third-order valence-corrected chi connectivity index (χ3v) is 3.49. The van der Waals surface area contributed by atoms with Crippen molar-refractivity contribution in [3.63, 3.8) is 0 Å². The van der Waals surface area contributed by atoms with Crippen molar-refractivity contribution in [2.45, 2.75) is 41.0 Å². The number of ether oxygens (including phenoxy) is 1. The van der Waals surface area contributed by atoms with Gasteiger partial charge in [-0.05, 0) is 51.3 Å². The van der Waals surface area contributed by atoms with E-state index in [9.17, 15) is 14.7 Å². The second-order valence-corrected chi connectivity index (χ2v) is 5.16. The first-order valence-corrected chi connectivity index (χ1v) is 7.76. The van der Waals surface area contributed by atoms with Crippen LogP contribution in [0.3, 0.4) is 0 Å². The van der Waals surface area contributed by atoms with E-state index in [2.05, 4.69) is 0 Å². The highest BCUT2D eigenvalue weighted by Gasteiger charge is 2.23. The second-order valence-electron chi connectivity index (χ2n) is 5.16. The van der Waals surface area contributed by atoms with Crippen LogP contribution >= 0.6 is 0 Å². The minimum Gasteiger partial charge on any atom is -0.506 e. The number of hydrogen-bond donors (Lipinski definition) is 1. The standard InChI is InChI=1S/C19H24O4/c1-6-9-14(10-7-2)17-12(4)15(13(5)20)11-16(18(17)21)19(22)23-8-3/h6,9-11,21H,7-8H2,1-5H3/b9-6-,14-10+. The number of benzene rings is 1. The molecule has 0 aliphatic rings. The van der Waals surface area contributed by atoms with Gasteiger partial charge in [-0.3, -0.25) is 4.79 Å². The molecular formula is C19H24O4. The molecule has 124 valence electrons. The fraction of sp³-hybridized carbons (Fsp3) is 0.368. The fourth-order valence-corrected chi connectivity index (χ4v) is 2.50. The first kappa shape index (κ1) is 18.7. The van der Waals surface area contributed by atoms with E-state index in [1.807, 2.05) is 32.1 Å². The smallest absolute Gasteiger partial charge is 0.341 e. The maximum Gasteiger partial charge on any atom is 0.341 e. The van der Waals surface area contributed by atoms with E-state index < -0.39 is 5.97 Å². The van der Waals surface area contributed by atoms with Gasteiger partial charge in [-0.15, -0.1) is 0 Å². The van der Waals surface area contributed by atoms with Crippen molar-refractivity contribution < 1.29 is 19.4 Å². The van der Waals surface area contributed by atoms with Gasteiger partial charge in [0, 0.05) is 11.1 Å². The van der Waals surface area contributed by atoms with Gasteiger partial charge in [-0.25, -0.2) is 4.79 Å². The summed E-state index contributed by atoms with van der Waals surface area (Å²) in [4.78, 5) is 24.0. The van der Waals surface area contributed by atoms with Crippen LogP contribution in [-0.2, 0) is 4.74 Å². The minimum absolute atomic E-state index is 0.0177. The number of hydrogen-bond acceptors (Lipinski definition) is 4. The fourth-order valence-electron chi connectivity index (χ4n) is 2.50. The molecule has 0 atom stereocenters. The van der Waals surface area contributed by atoms with Crippen molar-refractivity contribution in [2.75, 3.05) is 6.61 Å². The molecular weight excluding hydrogens is 292 g/mol. The van der Waals surface area contributed by atoms with E-state index in [0.29, 0.717) is 16.7 Å². The summed E-state index contributed by atoms with van der Waals surface area (Å²) in [5.74, 6) is -0.945. The third-order valence-electron chi connectivity index (χ3n) is 3.49. The highest BCUT2D eigenvalue weighted by molar-refractivity contribution is 6.03. The Morgan fingerprint density at radius 3 is 2.39 bits per heavy atom. The van der Waals surface area contributed by atoms with Crippen molar-refractivity contribution in [2.24, 2.45) is 0 Å². The Labute approximate surface area is 137 Å². The lowest BCUT2D eigenvalue weighted by Crippen LogP contribution is -2.10. The SMILES string of the molecule is C/C=C\C(=C/CC)c1c(C)c(C(C)=O)cc(C(=O)OCC)c1O. The molecule has 1 aromatic carbocycles. The van der Waals surface area contributed by atoms with Gasteiger partial charge in [0.15, 0.2) is 5.78 Å². The number of rotatable bonds is 6. The van der Waals surface area contributed by atoms with Crippen LogP contribution < -0.4 is 0 Å². The van der Waals surface area contributed by atoms with Gasteiger partial charge in [0.1, 0.15) is 11.3 Å². The summed E-state index contributed by atoms with van der Waals surface area (Å²) in [6.45, 7) is 8.96. The topological polar surface area (TPSA) is 63.6 Å². The summed E-state index contributed by atoms with van der Waals surface area (Å²) < 4.78 is 4.99. The first-order valence-electron chi connectivity index (χ1n) is 7.76. The molecule has 0 unspecified atom stereocenters. The molecule has 0 aliphatic heterocycles. The molecule has 0 amide bonds. The van der Waals surface area contributed by atoms with Crippen LogP contribution in [0, 0.1) is 6.92 Å². The van der Waals surface area contributed by atoms with Crippen LogP contribution in [0.5, 0.6) is 5.75 Å². The molecule has 1 N–H and O–H groups in total. The molecule has 1 aromatic rings. The van der Waals surface area contributed by atoms with Crippen LogP contribution in [-0.4, -0.2) is 23.5 Å². The number of phenols is 1. The minimum atomic E-state index is -0.634. The van der Waals surface area contributed by atoms with E-state index in [4.69, 9.17) is 4.74 Å². The lowest BCUT2D eigenvalue weighted by atomic mass is 9.90. The van der Waals surface area contributed by atoms with Crippen LogP contribution in [0.25, 0.3) is 5.57 Å². The summed E-state index contributed by atoms with van der Waals surface area (Å²) in [7, 11) is 0. The summed E-state index contributed by atoms with van der Waals surface area (Å²) >= 11 is 0. The molecule has 0 saturated carbocycles. The molecule has 0 aromatic heterocycles. The second kappa shape index (κ2) is 8.32. The number of carbonyl (C=O) groups is 2. The lowest BCUT2D eigenvalue weighted by molar-refractivity contribution is 0.0523.